The van der Waals surface area contributed by atoms with Crippen LogP contribution in [0.1, 0.15) is 47.0 Å². The van der Waals surface area contributed by atoms with Crippen molar-refractivity contribution < 1.29 is 0 Å². The second kappa shape index (κ2) is 5.86. The number of hydrogen-bond donors (Lipinski definition) is 1. The first-order valence-corrected chi connectivity index (χ1v) is 6.47. The van der Waals surface area contributed by atoms with Crippen LogP contribution in [-0.2, 0) is 0 Å². The summed E-state index contributed by atoms with van der Waals surface area (Å²) in [6.07, 6.45) is 4.04. The molecule has 0 aromatic carbocycles. The van der Waals surface area contributed by atoms with Crippen LogP contribution in [0.5, 0.6) is 0 Å². The van der Waals surface area contributed by atoms with Crippen molar-refractivity contribution in [3.05, 3.63) is 0 Å². The molecule has 1 aliphatic heterocycles. The fourth-order valence-electron chi connectivity index (χ4n) is 2.21. The first kappa shape index (κ1) is 13.0. The van der Waals surface area contributed by atoms with E-state index >= 15 is 0 Å². The van der Waals surface area contributed by atoms with Crippen LogP contribution in [0.2, 0.25) is 0 Å². The summed E-state index contributed by atoms with van der Waals surface area (Å²) in [6, 6.07) is 0.740. The van der Waals surface area contributed by atoms with Crippen LogP contribution in [0, 0.1) is 5.41 Å². The number of rotatable bonds is 4. The zero-order chi connectivity index (χ0) is 11.3. The molecule has 1 N–H and O–H groups in total. The van der Waals surface area contributed by atoms with Gasteiger partial charge in [-0.05, 0) is 44.3 Å². The highest BCUT2D eigenvalue weighted by molar-refractivity contribution is 4.78. The van der Waals surface area contributed by atoms with Crippen LogP contribution >= 0.6 is 0 Å². The maximum atomic E-state index is 3.57. The van der Waals surface area contributed by atoms with Crippen molar-refractivity contribution in [2.45, 2.75) is 53.0 Å². The lowest BCUT2D eigenvalue weighted by atomic mass is 9.91. The zero-order valence-electron chi connectivity index (χ0n) is 11.0. The first-order chi connectivity index (χ1) is 7.01. The van der Waals surface area contributed by atoms with E-state index in [1.54, 1.807) is 0 Å². The van der Waals surface area contributed by atoms with Crippen molar-refractivity contribution in [3.8, 4) is 0 Å². The Morgan fingerprint density at radius 1 is 1.33 bits per heavy atom. The average Bonchev–Trinajstić information content (AvgIpc) is 2.15. The van der Waals surface area contributed by atoms with Crippen LogP contribution in [0.4, 0.5) is 0 Å². The van der Waals surface area contributed by atoms with E-state index in [9.17, 15) is 0 Å². The molecular formula is C13H28N2. The van der Waals surface area contributed by atoms with E-state index in [4.69, 9.17) is 0 Å². The quantitative estimate of drug-likeness (QED) is 0.770. The molecule has 0 bridgehead atoms. The molecule has 1 fully saturated rings. The number of nitrogens with zero attached hydrogens (tertiary/aromatic N) is 1. The van der Waals surface area contributed by atoms with E-state index in [1.165, 1.54) is 38.9 Å². The van der Waals surface area contributed by atoms with Gasteiger partial charge in [0.05, 0.1) is 0 Å². The Morgan fingerprint density at radius 2 is 2.07 bits per heavy atom. The van der Waals surface area contributed by atoms with E-state index < -0.39 is 0 Å². The number of hydrogen-bond acceptors (Lipinski definition) is 2. The van der Waals surface area contributed by atoms with Gasteiger partial charge in [0.2, 0.25) is 0 Å². The molecule has 1 heterocycles. The van der Waals surface area contributed by atoms with Gasteiger partial charge in [-0.1, -0.05) is 27.7 Å². The number of piperidine rings is 1. The van der Waals surface area contributed by atoms with Gasteiger partial charge in [0.25, 0.3) is 0 Å². The molecule has 1 saturated heterocycles. The summed E-state index contributed by atoms with van der Waals surface area (Å²) in [6.45, 7) is 14.1. The second-order valence-corrected chi connectivity index (χ2v) is 6.01. The largest absolute Gasteiger partial charge is 0.313 e. The Bertz CT molecular complexity index is 170. The highest BCUT2D eigenvalue weighted by Crippen LogP contribution is 2.20. The van der Waals surface area contributed by atoms with Crippen molar-refractivity contribution in [1.82, 2.24) is 10.2 Å². The lowest BCUT2D eigenvalue weighted by Crippen LogP contribution is -2.46. The molecule has 0 aromatic rings. The highest BCUT2D eigenvalue weighted by Gasteiger charge is 2.20. The summed E-state index contributed by atoms with van der Waals surface area (Å²) in [5.74, 6) is 0. The van der Waals surface area contributed by atoms with Gasteiger partial charge in [-0.3, -0.25) is 0 Å². The molecule has 2 heteroatoms. The fourth-order valence-corrected chi connectivity index (χ4v) is 2.21. The summed E-state index contributed by atoms with van der Waals surface area (Å²) in [5.41, 5.74) is 0.477. The van der Waals surface area contributed by atoms with Crippen LogP contribution in [0.15, 0.2) is 0 Å². The molecule has 2 nitrogen and oxygen atoms in total. The maximum Gasteiger partial charge on any atom is 0.0195 e. The van der Waals surface area contributed by atoms with Gasteiger partial charge < -0.3 is 10.2 Å². The Kier molecular flexibility index (Phi) is 5.07. The molecule has 0 radical (unpaired) electrons. The SMILES string of the molecule is CCNC1CCCN(CCC(C)(C)C)C1. The van der Waals surface area contributed by atoms with Crippen molar-refractivity contribution in [1.29, 1.82) is 0 Å². The average molecular weight is 212 g/mol. The first-order valence-electron chi connectivity index (χ1n) is 6.47. The van der Waals surface area contributed by atoms with Crippen molar-refractivity contribution in [2.24, 2.45) is 5.41 Å². The van der Waals surface area contributed by atoms with Gasteiger partial charge >= 0.3 is 0 Å². The topological polar surface area (TPSA) is 15.3 Å². The fraction of sp³-hybridized carbons (Fsp3) is 1.00. The lowest BCUT2D eigenvalue weighted by molar-refractivity contribution is 0.169. The van der Waals surface area contributed by atoms with Gasteiger partial charge in [0.1, 0.15) is 0 Å². The van der Waals surface area contributed by atoms with Crippen LogP contribution in [-0.4, -0.2) is 37.1 Å². The van der Waals surface area contributed by atoms with Crippen molar-refractivity contribution >= 4 is 0 Å². The summed E-state index contributed by atoms with van der Waals surface area (Å²) < 4.78 is 0. The predicted molar refractivity (Wildman–Crippen MR) is 67.2 cm³/mol. The maximum absolute atomic E-state index is 3.57. The van der Waals surface area contributed by atoms with Crippen molar-refractivity contribution in [3.63, 3.8) is 0 Å². The smallest absolute Gasteiger partial charge is 0.0195 e. The normalized spacial score (nSPS) is 24.4. The molecule has 0 amide bonds. The highest BCUT2D eigenvalue weighted by atomic mass is 15.2. The molecule has 0 aromatic heterocycles. The monoisotopic (exact) mass is 212 g/mol. The van der Waals surface area contributed by atoms with Crippen LogP contribution in [0.3, 0.4) is 0 Å². The summed E-state index contributed by atoms with van der Waals surface area (Å²) in [4.78, 5) is 2.63. The van der Waals surface area contributed by atoms with Gasteiger partial charge in [0, 0.05) is 12.6 Å². The Balaban J connectivity index is 2.24. The van der Waals surface area contributed by atoms with Gasteiger partial charge in [-0.2, -0.15) is 0 Å². The molecule has 90 valence electrons. The second-order valence-electron chi connectivity index (χ2n) is 6.01. The van der Waals surface area contributed by atoms with Crippen LogP contribution < -0.4 is 5.32 Å². The number of likely N-dealkylation sites (tertiary alicyclic amines) is 1. The molecule has 0 spiro atoms. The Labute approximate surface area is 95.4 Å². The van der Waals surface area contributed by atoms with E-state index in [-0.39, 0.29) is 0 Å². The van der Waals surface area contributed by atoms with E-state index in [0.717, 1.165) is 12.6 Å². The summed E-state index contributed by atoms with van der Waals surface area (Å²) >= 11 is 0. The standard InChI is InChI=1S/C13H28N2/c1-5-14-12-7-6-9-15(11-12)10-8-13(2,3)4/h12,14H,5-11H2,1-4H3. The molecule has 1 atom stereocenters. The molecule has 1 aliphatic rings. The molecule has 15 heavy (non-hydrogen) atoms. The molecule has 0 aliphatic carbocycles. The Morgan fingerprint density at radius 3 is 2.67 bits per heavy atom. The van der Waals surface area contributed by atoms with E-state index in [2.05, 4.69) is 37.9 Å². The predicted octanol–water partition coefficient (Wildman–Crippen LogP) is 2.50. The van der Waals surface area contributed by atoms with Gasteiger partial charge in [0.15, 0.2) is 0 Å². The minimum atomic E-state index is 0.477. The molecule has 0 saturated carbocycles. The molecule has 1 rings (SSSR count). The van der Waals surface area contributed by atoms with E-state index in [1.807, 2.05) is 0 Å². The van der Waals surface area contributed by atoms with Crippen LogP contribution in [0.25, 0.3) is 0 Å². The number of likely N-dealkylation sites (N-methyl/N-ethyl adjacent to an activating group) is 1. The molecular weight excluding hydrogens is 184 g/mol. The molecule has 1 unspecified atom stereocenters. The third kappa shape index (κ3) is 5.53. The summed E-state index contributed by atoms with van der Waals surface area (Å²) in [7, 11) is 0. The third-order valence-electron chi connectivity index (χ3n) is 3.18. The van der Waals surface area contributed by atoms with Crippen molar-refractivity contribution in [2.75, 3.05) is 26.2 Å². The van der Waals surface area contributed by atoms with E-state index in [0.29, 0.717) is 5.41 Å². The number of nitrogens with one attached hydrogen (secondary N) is 1. The zero-order valence-corrected chi connectivity index (χ0v) is 11.0. The Hall–Kier alpha value is -0.0800. The minimum absolute atomic E-state index is 0.477. The third-order valence-corrected chi connectivity index (χ3v) is 3.18. The summed E-state index contributed by atoms with van der Waals surface area (Å²) in [5, 5.41) is 3.57. The minimum Gasteiger partial charge on any atom is -0.313 e. The lowest BCUT2D eigenvalue weighted by Gasteiger charge is -2.34. The van der Waals surface area contributed by atoms with Gasteiger partial charge in [-0.15, -0.1) is 0 Å². The van der Waals surface area contributed by atoms with Gasteiger partial charge in [-0.25, -0.2) is 0 Å².